The molecule has 5 heteroatoms. The summed E-state index contributed by atoms with van der Waals surface area (Å²) in [4.78, 5) is 7.54. The van der Waals surface area contributed by atoms with Crippen LogP contribution in [0.1, 0.15) is 12.8 Å². The van der Waals surface area contributed by atoms with Crippen LogP contribution in [0.2, 0.25) is 0 Å². The van der Waals surface area contributed by atoms with E-state index < -0.39 is 0 Å². The molecule has 0 amide bonds. The Bertz CT molecular complexity index is 274. The maximum absolute atomic E-state index is 5.53. The molecule has 118 valence electrons. The molecule has 0 N–H and O–H groups in total. The van der Waals surface area contributed by atoms with E-state index in [0.717, 1.165) is 18.5 Å². The maximum Gasteiger partial charge on any atom is 0.0472 e. The minimum absolute atomic E-state index is 0.448. The minimum Gasteiger partial charge on any atom is -0.381 e. The number of alkyl halides is 1. The monoisotopic (exact) mass is 347 g/mol. The van der Waals surface area contributed by atoms with Crippen LogP contribution in [0, 0.1) is 5.41 Å². The van der Waals surface area contributed by atoms with E-state index in [0.29, 0.717) is 5.41 Å². The number of rotatable bonds is 6. The zero-order valence-electron chi connectivity index (χ0n) is 13.1. The summed E-state index contributed by atoms with van der Waals surface area (Å²) >= 11 is 3.75. The molecule has 2 rings (SSSR count). The maximum atomic E-state index is 5.53. The lowest BCUT2D eigenvalue weighted by Gasteiger charge is -2.43. The second kappa shape index (κ2) is 8.08. The first-order chi connectivity index (χ1) is 9.63. The minimum atomic E-state index is 0.448. The third kappa shape index (κ3) is 4.95. The molecule has 2 saturated heterocycles. The lowest BCUT2D eigenvalue weighted by Crippen LogP contribution is -2.52. The molecule has 0 bridgehead atoms. The third-order valence-electron chi connectivity index (χ3n) is 4.72. The van der Waals surface area contributed by atoms with Crippen molar-refractivity contribution in [3.63, 3.8) is 0 Å². The molecule has 0 aromatic carbocycles. The van der Waals surface area contributed by atoms with E-state index in [1.807, 2.05) is 0 Å². The van der Waals surface area contributed by atoms with E-state index >= 15 is 0 Å². The number of hydrogen-bond donors (Lipinski definition) is 0. The van der Waals surface area contributed by atoms with E-state index in [9.17, 15) is 0 Å². The highest BCUT2D eigenvalue weighted by molar-refractivity contribution is 9.09. The number of likely N-dealkylation sites (N-methyl/N-ethyl adjacent to an activating group) is 1. The van der Waals surface area contributed by atoms with Gasteiger partial charge in [0.05, 0.1) is 0 Å². The van der Waals surface area contributed by atoms with Gasteiger partial charge in [-0.05, 0) is 32.4 Å². The second-order valence-corrected chi connectivity index (χ2v) is 7.23. The molecule has 2 aliphatic rings. The third-order valence-corrected chi connectivity index (χ3v) is 5.91. The topological polar surface area (TPSA) is 19.0 Å². The molecule has 0 saturated carbocycles. The van der Waals surface area contributed by atoms with Crippen molar-refractivity contribution >= 4 is 15.9 Å². The first kappa shape index (κ1) is 16.7. The highest BCUT2D eigenvalue weighted by Crippen LogP contribution is 2.33. The first-order valence-corrected chi connectivity index (χ1v) is 8.99. The Morgan fingerprint density at radius 3 is 2.20 bits per heavy atom. The molecule has 0 aromatic heterocycles. The van der Waals surface area contributed by atoms with Crippen LogP contribution in [-0.4, -0.2) is 93.2 Å². The van der Waals surface area contributed by atoms with Gasteiger partial charge in [0.25, 0.3) is 0 Å². The van der Waals surface area contributed by atoms with Gasteiger partial charge in [0.2, 0.25) is 0 Å². The number of ether oxygens (including phenoxy) is 1. The van der Waals surface area contributed by atoms with Crippen LogP contribution >= 0.6 is 15.9 Å². The van der Waals surface area contributed by atoms with Crippen LogP contribution in [0.3, 0.4) is 0 Å². The largest absolute Gasteiger partial charge is 0.381 e. The van der Waals surface area contributed by atoms with Gasteiger partial charge in [0.15, 0.2) is 0 Å². The summed E-state index contributed by atoms with van der Waals surface area (Å²) in [6.07, 6.45) is 2.41. The summed E-state index contributed by atoms with van der Waals surface area (Å²) < 4.78 is 5.53. The summed E-state index contributed by atoms with van der Waals surface area (Å²) in [6, 6.07) is 0. The molecule has 2 aliphatic heterocycles. The second-order valence-electron chi connectivity index (χ2n) is 6.67. The van der Waals surface area contributed by atoms with Crippen molar-refractivity contribution in [3.05, 3.63) is 0 Å². The van der Waals surface area contributed by atoms with Crippen molar-refractivity contribution < 1.29 is 4.74 Å². The Kier molecular flexibility index (Phi) is 6.75. The highest BCUT2D eigenvalue weighted by Gasteiger charge is 2.34. The zero-order valence-corrected chi connectivity index (χ0v) is 14.7. The fourth-order valence-corrected chi connectivity index (χ4v) is 3.86. The van der Waals surface area contributed by atoms with E-state index in [-0.39, 0.29) is 0 Å². The molecule has 0 aromatic rings. The van der Waals surface area contributed by atoms with E-state index in [4.69, 9.17) is 4.74 Å². The van der Waals surface area contributed by atoms with Gasteiger partial charge in [-0.25, -0.2) is 0 Å². The lowest BCUT2D eigenvalue weighted by atomic mass is 9.81. The molecule has 0 radical (unpaired) electrons. The van der Waals surface area contributed by atoms with Crippen molar-refractivity contribution in [2.24, 2.45) is 5.41 Å². The zero-order chi connectivity index (χ0) is 14.4. The van der Waals surface area contributed by atoms with Gasteiger partial charge in [0.1, 0.15) is 0 Å². The summed E-state index contributed by atoms with van der Waals surface area (Å²) in [7, 11) is 4.31. The molecule has 0 atom stereocenters. The van der Waals surface area contributed by atoms with E-state index in [1.54, 1.807) is 0 Å². The SMILES string of the molecule is CN(C)CCN1CCN(CC2(CBr)CCOCC2)CC1. The predicted molar refractivity (Wildman–Crippen MR) is 87.7 cm³/mol. The van der Waals surface area contributed by atoms with Gasteiger partial charge < -0.3 is 14.5 Å². The molecule has 2 fully saturated rings. The van der Waals surface area contributed by atoms with Crippen molar-refractivity contribution in [2.75, 3.05) is 78.5 Å². The number of hydrogen-bond acceptors (Lipinski definition) is 4. The molecular formula is C15H30BrN3O. The molecule has 0 spiro atoms. The highest BCUT2D eigenvalue weighted by atomic mass is 79.9. The molecule has 4 nitrogen and oxygen atoms in total. The van der Waals surface area contributed by atoms with Crippen LogP contribution in [0.25, 0.3) is 0 Å². The van der Waals surface area contributed by atoms with Crippen molar-refractivity contribution in [1.29, 1.82) is 0 Å². The standard InChI is InChI=1S/C15H30BrN3O/c1-17(2)5-6-18-7-9-19(10-8-18)14-15(13-16)3-11-20-12-4-15/h3-14H2,1-2H3. The van der Waals surface area contributed by atoms with Gasteiger partial charge in [-0.3, -0.25) is 4.90 Å². The average Bonchev–Trinajstić information content (AvgIpc) is 2.47. The average molecular weight is 348 g/mol. The Hall–Kier alpha value is 0.320. The van der Waals surface area contributed by atoms with Crippen LogP contribution in [-0.2, 0) is 4.74 Å². The fourth-order valence-electron chi connectivity index (χ4n) is 3.13. The predicted octanol–water partition coefficient (Wildman–Crippen LogP) is 1.36. The van der Waals surface area contributed by atoms with Gasteiger partial charge in [-0.15, -0.1) is 0 Å². The van der Waals surface area contributed by atoms with Crippen molar-refractivity contribution in [1.82, 2.24) is 14.7 Å². The van der Waals surface area contributed by atoms with Gasteiger partial charge in [-0.2, -0.15) is 0 Å². The number of halogens is 1. The Morgan fingerprint density at radius 1 is 1.05 bits per heavy atom. The normalized spacial score (nSPS) is 25.2. The molecule has 0 aliphatic carbocycles. The summed E-state index contributed by atoms with van der Waals surface area (Å²) in [5.41, 5.74) is 0.448. The first-order valence-electron chi connectivity index (χ1n) is 7.87. The summed E-state index contributed by atoms with van der Waals surface area (Å²) in [5.74, 6) is 0. The van der Waals surface area contributed by atoms with Crippen LogP contribution < -0.4 is 0 Å². The summed E-state index contributed by atoms with van der Waals surface area (Å²) in [5, 5.41) is 1.12. The molecule has 2 heterocycles. The number of piperazine rings is 1. The quantitative estimate of drug-likeness (QED) is 0.675. The lowest BCUT2D eigenvalue weighted by molar-refractivity contribution is -0.000706. The van der Waals surface area contributed by atoms with Crippen LogP contribution in [0.5, 0.6) is 0 Å². The smallest absolute Gasteiger partial charge is 0.0472 e. The van der Waals surface area contributed by atoms with Gasteiger partial charge in [-0.1, -0.05) is 15.9 Å². The van der Waals surface area contributed by atoms with Crippen LogP contribution in [0.15, 0.2) is 0 Å². The molecular weight excluding hydrogens is 318 g/mol. The Morgan fingerprint density at radius 2 is 1.65 bits per heavy atom. The van der Waals surface area contributed by atoms with E-state index in [1.165, 1.54) is 58.7 Å². The fraction of sp³-hybridized carbons (Fsp3) is 1.00. The van der Waals surface area contributed by atoms with Gasteiger partial charge in [0, 0.05) is 64.4 Å². The van der Waals surface area contributed by atoms with Crippen LogP contribution in [0.4, 0.5) is 0 Å². The van der Waals surface area contributed by atoms with Crippen molar-refractivity contribution in [2.45, 2.75) is 12.8 Å². The van der Waals surface area contributed by atoms with Crippen molar-refractivity contribution in [3.8, 4) is 0 Å². The van der Waals surface area contributed by atoms with E-state index in [2.05, 4.69) is 44.7 Å². The van der Waals surface area contributed by atoms with Gasteiger partial charge >= 0.3 is 0 Å². The molecule has 20 heavy (non-hydrogen) atoms. The number of nitrogens with zero attached hydrogens (tertiary/aromatic N) is 3. The Labute approximate surface area is 132 Å². The Balaban J connectivity index is 1.73. The summed E-state index contributed by atoms with van der Waals surface area (Å²) in [6.45, 7) is 10.4. The molecule has 0 unspecified atom stereocenters.